The maximum Gasteiger partial charge on any atom is 0.0811 e. The summed E-state index contributed by atoms with van der Waals surface area (Å²) in [6, 6.07) is 0. The van der Waals surface area contributed by atoms with Crippen molar-refractivity contribution in [3.63, 3.8) is 0 Å². The number of aliphatic hydroxyl groups excluding tert-OH is 1. The van der Waals surface area contributed by atoms with Crippen molar-refractivity contribution >= 4 is 0 Å². The summed E-state index contributed by atoms with van der Waals surface area (Å²) >= 11 is 0. The van der Waals surface area contributed by atoms with Gasteiger partial charge in [-0.2, -0.15) is 0 Å². The fourth-order valence-corrected chi connectivity index (χ4v) is 2.37. The first-order valence-electron chi connectivity index (χ1n) is 6.05. The Labute approximate surface area is 93.0 Å². The Balaban J connectivity index is 2.58. The van der Waals surface area contributed by atoms with Crippen molar-refractivity contribution in [2.24, 2.45) is 11.7 Å². The molecule has 1 saturated carbocycles. The smallest absolute Gasteiger partial charge is 0.0811 e. The Morgan fingerprint density at radius 1 is 1.40 bits per heavy atom. The molecule has 3 N–H and O–H groups in total. The predicted octanol–water partition coefficient (Wildman–Crippen LogP) is 1.68. The SMILES string of the molecule is CC(O)C(C)OC(C)(CN)C1CCCC1. The third kappa shape index (κ3) is 3.16. The monoisotopic (exact) mass is 215 g/mol. The Hall–Kier alpha value is -0.120. The lowest BCUT2D eigenvalue weighted by Crippen LogP contribution is -2.47. The van der Waals surface area contributed by atoms with Gasteiger partial charge in [0.2, 0.25) is 0 Å². The lowest BCUT2D eigenvalue weighted by molar-refractivity contribution is -0.135. The van der Waals surface area contributed by atoms with Gasteiger partial charge < -0.3 is 15.6 Å². The Bertz CT molecular complexity index is 190. The van der Waals surface area contributed by atoms with Crippen LogP contribution in [0.15, 0.2) is 0 Å². The van der Waals surface area contributed by atoms with E-state index < -0.39 is 6.10 Å². The molecule has 1 aliphatic rings. The molecule has 0 amide bonds. The van der Waals surface area contributed by atoms with Crippen LogP contribution in [0.4, 0.5) is 0 Å². The summed E-state index contributed by atoms with van der Waals surface area (Å²) in [5.74, 6) is 0.559. The number of nitrogens with two attached hydrogens (primary N) is 1. The fourth-order valence-electron chi connectivity index (χ4n) is 2.37. The van der Waals surface area contributed by atoms with Crippen molar-refractivity contribution < 1.29 is 9.84 Å². The fraction of sp³-hybridized carbons (Fsp3) is 1.00. The van der Waals surface area contributed by atoms with Crippen molar-refractivity contribution in [2.75, 3.05) is 6.54 Å². The molecule has 0 spiro atoms. The zero-order valence-electron chi connectivity index (χ0n) is 10.2. The average molecular weight is 215 g/mol. The summed E-state index contributed by atoms with van der Waals surface area (Å²) in [5, 5.41) is 9.46. The maximum absolute atomic E-state index is 9.46. The second-order valence-corrected chi connectivity index (χ2v) is 5.06. The average Bonchev–Trinajstić information content (AvgIpc) is 2.70. The summed E-state index contributed by atoms with van der Waals surface area (Å²) in [4.78, 5) is 0. The third-order valence-electron chi connectivity index (χ3n) is 3.76. The molecule has 0 heterocycles. The van der Waals surface area contributed by atoms with Crippen molar-refractivity contribution in [1.29, 1.82) is 0 Å². The molecule has 1 rings (SSSR count). The number of aliphatic hydroxyl groups is 1. The van der Waals surface area contributed by atoms with E-state index in [-0.39, 0.29) is 11.7 Å². The van der Waals surface area contributed by atoms with Gasteiger partial charge in [-0.25, -0.2) is 0 Å². The molecule has 0 aromatic rings. The lowest BCUT2D eigenvalue weighted by Gasteiger charge is -2.37. The largest absolute Gasteiger partial charge is 0.391 e. The highest BCUT2D eigenvalue weighted by Gasteiger charge is 2.37. The number of hydrogen-bond acceptors (Lipinski definition) is 3. The van der Waals surface area contributed by atoms with E-state index in [1.54, 1.807) is 6.92 Å². The molecule has 3 atom stereocenters. The van der Waals surface area contributed by atoms with Crippen LogP contribution in [-0.2, 0) is 4.74 Å². The predicted molar refractivity (Wildman–Crippen MR) is 61.6 cm³/mol. The summed E-state index contributed by atoms with van der Waals surface area (Å²) in [6.45, 7) is 6.29. The summed E-state index contributed by atoms with van der Waals surface area (Å²) in [7, 11) is 0. The summed E-state index contributed by atoms with van der Waals surface area (Å²) in [5.41, 5.74) is 5.57. The van der Waals surface area contributed by atoms with Crippen LogP contribution in [-0.4, -0.2) is 29.5 Å². The standard InChI is InChI=1S/C12H25NO2/c1-9(14)10(2)15-12(3,8-13)11-6-4-5-7-11/h9-11,14H,4-8,13H2,1-3H3. The molecule has 0 aromatic heterocycles. The second kappa shape index (κ2) is 5.28. The van der Waals surface area contributed by atoms with Crippen molar-refractivity contribution in [2.45, 2.75) is 64.3 Å². The van der Waals surface area contributed by atoms with E-state index in [9.17, 15) is 5.11 Å². The molecular weight excluding hydrogens is 190 g/mol. The van der Waals surface area contributed by atoms with Gasteiger partial charge in [-0.3, -0.25) is 0 Å². The van der Waals surface area contributed by atoms with Crippen LogP contribution < -0.4 is 5.73 Å². The highest BCUT2D eigenvalue weighted by Crippen LogP contribution is 2.36. The van der Waals surface area contributed by atoms with E-state index in [0.29, 0.717) is 12.5 Å². The van der Waals surface area contributed by atoms with Gasteiger partial charge in [-0.15, -0.1) is 0 Å². The molecule has 1 aliphatic carbocycles. The first-order chi connectivity index (χ1) is 6.99. The van der Waals surface area contributed by atoms with Gasteiger partial charge >= 0.3 is 0 Å². The van der Waals surface area contributed by atoms with Crippen molar-refractivity contribution in [3.8, 4) is 0 Å². The van der Waals surface area contributed by atoms with Gasteiger partial charge in [0, 0.05) is 6.54 Å². The molecule has 0 aromatic carbocycles. The van der Waals surface area contributed by atoms with Gasteiger partial charge in [0.15, 0.2) is 0 Å². The Kier molecular flexibility index (Phi) is 4.56. The summed E-state index contributed by atoms with van der Waals surface area (Å²) < 4.78 is 5.96. The summed E-state index contributed by atoms with van der Waals surface area (Å²) in [6.07, 6.45) is 4.41. The quantitative estimate of drug-likeness (QED) is 0.733. The van der Waals surface area contributed by atoms with Crippen LogP contribution >= 0.6 is 0 Å². The molecule has 0 bridgehead atoms. The molecule has 1 fully saturated rings. The Morgan fingerprint density at radius 2 is 1.93 bits per heavy atom. The minimum Gasteiger partial charge on any atom is -0.391 e. The molecule has 0 saturated heterocycles. The van der Waals surface area contributed by atoms with Crippen LogP contribution in [0.3, 0.4) is 0 Å². The lowest BCUT2D eigenvalue weighted by atomic mass is 9.87. The topological polar surface area (TPSA) is 55.5 Å². The van der Waals surface area contributed by atoms with Crippen LogP contribution in [0, 0.1) is 5.92 Å². The minimum absolute atomic E-state index is 0.140. The zero-order valence-corrected chi connectivity index (χ0v) is 10.2. The zero-order chi connectivity index (χ0) is 11.5. The molecule has 3 unspecified atom stereocenters. The van der Waals surface area contributed by atoms with Crippen LogP contribution in [0.1, 0.15) is 46.5 Å². The second-order valence-electron chi connectivity index (χ2n) is 5.06. The van der Waals surface area contributed by atoms with Crippen LogP contribution in [0.2, 0.25) is 0 Å². The molecule has 0 radical (unpaired) electrons. The molecule has 0 aliphatic heterocycles. The van der Waals surface area contributed by atoms with Crippen molar-refractivity contribution in [1.82, 2.24) is 0 Å². The molecule has 3 nitrogen and oxygen atoms in total. The van der Waals surface area contributed by atoms with Gasteiger partial charge in [-0.05, 0) is 39.5 Å². The van der Waals surface area contributed by atoms with Crippen LogP contribution in [0.5, 0.6) is 0 Å². The maximum atomic E-state index is 9.46. The van der Waals surface area contributed by atoms with E-state index in [1.165, 1.54) is 25.7 Å². The number of hydrogen-bond donors (Lipinski definition) is 2. The highest BCUT2D eigenvalue weighted by atomic mass is 16.5. The van der Waals surface area contributed by atoms with Gasteiger partial charge in [-0.1, -0.05) is 12.8 Å². The molecular formula is C12H25NO2. The third-order valence-corrected chi connectivity index (χ3v) is 3.76. The molecule has 3 heteroatoms. The highest BCUT2D eigenvalue weighted by molar-refractivity contribution is 4.89. The normalized spacial score (nSPS) is 26.2. The van der Waals surface area contributed by atoms with Crippen molar-refractivity contribution in [3.05, 3.63) is 0 Å². The first kappa shape index (κ1) is 12.9. The van der Waals surface area contributed by atoms with E-state index in [1.807, 2.05) is 6.92 Å². The first-order valence-corrected chi connectivity index (χ1v) is 6.05. The van der Waals surface area contributed by atoms with Crippen LogP contribution in [0.25, 0.3) is 0 Å². The Morgan fingerprint density at radius 3 is 2.33 bits per heavy atom. The van der Waals surface area contributed by atoms with Gasteiger partial charge in [0.1, 0.15) is 0 Å². The molecule has 90 valence electrons. The number of rotatable bonds is 5. The van der Waals surface area contributed by atoms with E-state index in [4.69, 9.17) is 10.5 Å². The van der Waals surface area contributed by atoms with E-state index >= 15 is 0 Å². The van der Waals surface area contributed by atoms with E-state index in [2.05, 4.69) is 6.92 Å². The number of ether oxygens (including phenoxy) is 1. The van der Waals surface area contributed by atoms with Gasteiger partial charge in [0.25, 0.3) is 0 Å². The van der Waals surface area contributed by atoms with Gasteiger partial charge in [0.05, 0.1) is 17.8 Å². The minimum atomic E-state index is -0.433. The van der Waals surface area contributed by atoms with E-state index in [0.717, 1.165) is 0 Å². The molecule has 15 heavy (non-hydrogen) atoms.